The normalized spacial score (nSPS) is 16.6. The van der Waals surface area contributed by atoms with Gasteiger partial charge in [0.25, 0.3) is 0 Å². The highest BCUT2D eigenvalue weighted by Crippen LogP contribution is 2.35. The van der Waals surface area contributed by atoms with Gasteiger partial charge in [-0.25, -0.2) is 0 Å². The predicted molar refractivity (Wildman–Crippen MR) is 113 cm³/mol. The largest absolute Gasteiger partial charge is 0.511 e. The number of aliphatic hydroxyl groups is 1. The lowest BCUT2D eigenvalue weighted by atomic mass is 9.77. The highest BCUT2D eigenvalue weighted by Gasteiger charge is 2.32. The third-order valence-corrected chi connectivity index (χ3v) is 4.80. The monoisotopic (exact) mass is 377 g/mol. The van der Waals surface area contributed by atoms with Crippen molar-refractivity contribution in [3.63, 3.8) is 0 Å². The molecule has 2 aromatic rings. The van der Waals surface area contributed by atoms with Gasteiger partial charge in [-0.15, -0.1) is 0 Å². The second-order valence-corrected chi connectivity index (χ2v) is 7.99. The Balaban J connectivity index is 1.51. The number of ether oxygens (including phenoxy) is 1. The minimum absolute atomic E-state index is 0.0594. The lowest BCUT2D eigenvalue weighted by Crippen LogP contribution is -2.26. The van der Waals surface area contributed by atoms with Crippen molar-refractivity contribution in [1.82, 2.24) is 0 Å². The van der Waals surface area contributed by atoms with Crippen molar-refractivity contribution < 1.29 is 14.6 Å². The van der Waals surface area contributed by atoms with E-state index < -0.39 is 0 Å². The summed E-state index contributed by atoms with van der Waals surface area (Å²) >= 11 is 0. The average molecular weight is 377 g/mol. The van der Waals surface area contributed by atoms with Crippen LogP contribution in [0.4, 0.5) is 5.69 Å². The molecule has 0 spiro atoms. The van der Waals surface area contributed by atoms with E-state index in [1.165, 1.54) is 11.8 Å². The lowest BCUT2D eigenvalue weighted by Gasteiger charge is -2.28. The van der Waals surface area contributed by atoms with Crippen molar-refractivity contribution in [2.75, 3.05) is 6.61 Å². The first-order valence-corrected chi connectivity index (χ1v) is 9.69. The van der Waals surface area contributed by atoms with Crippen LogP contribution in [0.1, 0.15) is 38.7 Å². The molecule has 0 bridgehead atoms. The van der Waals surface area contributed by atoms with Gasteiger partial charge in [0, 0.05) is 19.1 Å². The number of carbonyl (C=O) groups is 1. The first-order valence-electron chi connectivity index (χ1n) is 9.69. The van der Waals surface area contributed by atoms with Gasteiger partial charge in [-0.3, -0.25) is 9.79 Å². The average Bonchev–Trinajstić information content (AvgIpc) is 2.65. The Morgan fingerprint density at radius 1 is 1.07 bits per heavy atom. The zero-order chi connectivity index (χ0) is 20.0. The molecule has 4 heteroatoms. The van der Waals surface area contributed by atoms with Gasteiger partial charge in [0.2, 0.25) is 0 Å². The molecule has 1 aliphatic rings. The molecule has 0 radical (unpaired) electrons. The van der Waals surface area contributed by atoms with E-state index in [9.17, 15) is 9.90 Å². The molecule has 1 aliphatic carbocycles. The summed E-state index contributed by atoms with van der Waals surface area (Å²) in [6.07, 6.45) is 4.34. The molecular weight excluding hydrogens is 350 g/mol. The fourth-order valence-electron chi connectivity index (χ4n) is 3.33. The van der Waals surface area contributed by atoms with Gasteiger partial charge >= 0.3 is 0 Å². The fourth-order valence-corrected chi connectivity index (χ4v) is 3.33. The molecule has 0 saturated carbocycles. The number of aliphatic imine (C=N–C) groups is 1. The number of hydrogen-bond acceptors (Lipinski definition) is 4. The van der Waals surface area contributed by atoms with Crippen molar-refractivity contribution in [2.45, 2.75) is 39.5 Å². The van der Waals surface area contributed by atoms with Crippen LogP contribution in [0.2, 0.25) is 0 Å². The number of aliphatic hydroxyl groups excluding tert-OH is 1. The molecule has 0 aromatic heterocycles. The van der Waals surface area contributed by atoms with Crippen molar-refractivity contribution in [3.8, 4) is 5.75 Å². The Bertz CT molecular complexity index is 864. The van der Waals surface area contributed by atoms with Crippen molar-refractivity contribution >= 4 is 17.7 Å². The van der Waals surface area contributed by atoms with E-state index in [0.717, 1.165) is 24.3 Å². The smallest absolute Gasteiger partial charge is 0.168 e. The Morgan fingerprint density at radius 2 is 1.79 bits per heavy atom. The number of carbonyl (C=O) groups excluding carboxylic acids is 1. The van der Waals surface area contributed by atoms with Gasteiger partial charge in [-0.2, -0.15) is 0 Å². The molecule has 2 aromatic carbocycles. The molecule has 4 nitrogen and oxygen atoms in total. The van der Waals surface area contributed by atoms with E-state index in [-0.39, 0.29) is 17.0 Å². The molecule has 0 unspecified atom stereocenters. The molecule has 0 fully saturated rings. The first-order chi connectivity index (χ1) is 13.4. The maximum atomic E-state index is 12.2. The molecule has 0 atom stereocenters. The second-order valence-electron chi connectivity index (χ2n) is 7.99. The molecule has 3 rings (SSSR count). The Morgan fingerprint density at radius 3 is 2.46 bits per heavy atom. The minimum Gasteiger partial charge on any atom is -0.511 e. The summed E-state index contributed by atoms with van der Waals surface area (Å²) in [5.74, 6) is 0.865. The van der Waals surface area contributed by atoms with Gasteiger partial charge in [0.05, 0.1) is 17.9 Å². The van der Waals surface area contributed by atoms with Gasteiger partial charge < -0.3 is 9.84 Å². The van der Waals surface area contributed by atoms with Crippen molar-refractivity contribution in [1.29, 1.82) is 0 Å². The summed E-state index contributed by atoms with van der Waals surface area (Å²) in [4.78, 5) is 16.6. The summed E-state index contributed by atoms with van der Waals surface area (Å²) in [6, 6.07) is 17.8. The molecule has 146 valence electrons. The van der Waals surface area contributed by atoms with Gasteiger partial charge in [-0.1, -0.05) is 44.2 Å². The van der Waals surface area contributed by atoms with Gasteiger partial charge in [0.15, 0.2) is 5.78 Å². The number of hydrogen-bond donors (Lipinski definition) is 1. The maximum Gasteiger partial charge on any atom is 0.168 e. The summed E-state index contributed by atoms with van der Waals surface area (Å²) < 4.78 is 5.78. The molecule has 0 aliphatic heterocycles. The molecule has 0 amide bonds. The van der Waals surface area contributed by atoms with E-state index in [4.69, 9.17) is 4.74 Å². The van der Waals surface area contributed by atoms with Crippen molar-refractivity contribution in [2.24, 2.45) is 10.4 Å². The zero-order valence-corrected chi connectivity index (χ0v) is 16.5. The minimum atomic E-state index is -0.196. The van der Waals surface area contributed by atoms with Crippen LogP contribution < -0.4 is 4.74 Å². The number of Topliss-reactive ketones (excluding diaryl/α,β-unsaturated/α-hetero) is 1. The lowest BCUT2D eigenvalue weighted by molar-refractivity contribution is -0.117. The summed E-state index contributed by atoms with van der Waals surface area (Å²) in [6.45, 7) is 4.61. The van der Waals surface area contributed by atoms with E-state index in [0.29, 0.717) is 25.0 Å². The standard InChI is InChI=1S/C24H27NO3/c1-24(2)15-22(26)21(23(27)16-24)17-25-19-10-12-20(13-11-19)28-14-6-9-18-7-4-3-5-8-18/h3-5,7-8,10-13,17,26H,6,9,14-16H2,1-2H3. The Hall–Kier alpha value is -2.88. The molecular formula is C24H27NO3. The summed E-state index contributed by atoms with van der Waals surface area (Å²) in [5, 5.41) is 10.1. The van der Waals surface area contributed by atoms with Crippen molar-refractivity contribution in [3.05, 3.63) is 71.5 Å². The topological polar surface area (TPSA) is 58.9 Å². The maximum absolute atomic E-state index is 12.2. The van der Waals surface area contributed by atoms with Gasteiger partial charge in [-0.05, 0) is 48.1 Å². The van der Waals surface area contributed by atoms with E-state index in [1.807, 2.05) is 56.3 Å². The van der Waals surface area contributed by atoms with Crippen LogP contribution in [0.5, 0.6) is 5.75 Å². The molecule has 0 saturated heterocycles. The van der Waals surface area contributed by atoms with Crippen LogP contribution >= 0.6 is 0 Å². The predicted octanol–water partition coefficient (Wildman–Crippen LogP) is 5.60. The number of rotatable bonds is 7. The third-order valence-electron chi connectivity index (χ3n) is 4.80. The number of nitrogens with zero attached hydrogens (tertiary/aromatic N) is 1. The van der Waals surface area contributed by atoms with E-state index in [1.54, 1.807) is 0 Å². The Labute approximate surface area is 166 Å². The third kappa shape index (κ3) is 5.56. The quantitative estimate of drug-likeness (QED) is 0.504. The summed E-state index contributed by atoms with van der Waals surface area (Å²) in [7, 11) is 0. The van der Waals surface area contributed by atoms with Crippen LogP contribution in [0.15, 0.2) is 70.9 Å². The summed E-state index contributed by atoms with van der Waals surface area (Å²) in [5.41, 5.74) is 2.15. The van der Waals surface area contributed by atoms with E-state index in [2.05, 4.69) is 17.1 Å². The van der Waals surface area contributed by atoms with Crippen LogP contribution in [0, 0.1) is 5.41 Å². The second kappa shape index (κ2) is 8.87. The fraction of sp³-hybridized carbons (Fsp3) is 0.333. The van der Waals surface area contributed by atoms with Crippen LogP contribution in [-0.4, -0.2) is 23.7 Å². The number of ketones is 1. The molecule has 28 heavy (non-hydrogen) atoms. The highest BCUT2D eigenvalue weighted by molar-refractivity contribution is 6.14. The SMILES string of the molecule is CC1(C)CC(=O)C(C=Nc2ccc(OCCCc3ccccc3)cc2)=C(O)C1. The van der Waals surface area contributed by atoms with Crippen LogP contribution in [0.3, 0.4) is 0 Å². The van der Waals surface area contributed by atoms with Crippen LogP contribution in [-0.2, 0) is 11.2 Å². The molecule has 1 N–H and O–H groups in total. The number of benzene rings is 2. The van der Waals surface area contributed by atoms with E-state index >= 15 is 0 Å². The molecule has 0 heterocycles. The first kappa shape index (κ1) is 19.9. The number of allylic oxidation sites excluding steroid dienone is 2. The zero-order valence-electron chi connectivity index (χ0n) is 16.5. The van der Waals surface area contributed by atoms with Crippen LogP contribution in [0.25, 0.3) is 0 Å². The van der Waals surface area contributed by atoms with Gasteiger partial charge in [0.1, 0.15) is 11.5 Å². The highest BCUT2D eigenvalue weighted by atomic mass is 16.5. The Kier molecular flexibility index (Phi) is 6.30. The number of aryl methyl sites for hydroxylation is 1.